The Labute approximate surface area is 155 Å². The molecule has 2 rings (SSSR count). The number of nitro groups is 1. The minimum absolute atomic E-state index is 0.00843. The highest BCUT2D eigenvalue weighted by atomic mass is 16.6. The number of imide groups is 1. The predicted molar refractivity (Wildman–Crippen MR) is 93.5 cm³/mol. The predicted octanol–water partition coefficient (Wildman–Crippen LogP) is 0.810. The molecule has 1 N–H and O–H groups in total. The van der Waals surface area contributed by atoms with Gasteiger partial charge in [-0.25, -0.2) is 0 Å². The number of hydrogen-bond acceptors (Lipinski definition) is 7. The van der Waals surface area contributed by atoms with E-state index < -0.39 is 4.92 Å². The van der Waals surface area contributed by atoms with Crippen molar-refractivity contribution in [2.24, 2.45) is 0 Å². The van der Waals surface area contributed by atoms with Gasteiger partial charge in [0.15, 0.2) is 11.5 Å². The van der Waals surface area contributed by atoms with Gasteiger partial charge in [-0.1, -0.05) is 0 Å². The molecule has 0 radical (unpaired) electrons. The molecule has 3 amide bonds. The number of nitro benzene ring substituents is 1. The van der Waals surface area contributed by atoms with Crippen molar-refractivity contribution in [1.29, 1.82) is 0 Å². The van der Waals surface area contributed by atoms with Gasteiger partial charge in [0, 0.05) is 37.9 Å². The van der Waals surface area contributed by atoms with Crippen LogP contribution in [0.3, 0.4) is 0 Å². The third kappa shape index (κ3) is 4.93. The quantitative estimate of drug-likeness (QED) is 0.382. The number of rotatable bonds is 9. The van der Waals surface area contributed by atoms with E-state index in [0.717, 1.165) is 4.90 Å². The molecule has 10 heteroatoms. The van der Waals surface area contributed by atoms with E-state index in [0.29, 0.717) is 11.3 Å². The van der Waals surface area contributed by atoms with Crippen LogP contribution in [0.15, 0.2) is 12.1 Å². The number of hydrogen-bond donors (Lipinski definition) is 1. The standard InChI is InChI=1S/C17H21N3O7/c1-26-13-9-11(12(20(24)25)10-14(13)27-2)5-7-18-15(21)6-8-19-16(22)3-4-17(19)23/h9-10H,3-8H2,1-2H3,(H,18,21). The van der Waals surface area contributed by atoms with E-state index in [1.54, 1.807) is 0 Å². The maximum atomic E-state index is 11.9. The van der Waals surface area contributed by atoms with Gasteiger partial charge in [0.05, 0.1) is 25.2 Å². The van der Waals surface area contributed by atoms with E-state index in [1.165, 1.54) is 26.4 Å². The molecule has 0 aromatic heterocycles. The lowest BCUT2D eigenvalue weighted by Crippen LogP contribution is -2.34. The third-order valence-electron chi connectivity index (χ3n) is 4.22. The summed E-state index contributed by atoms with van der Waals surface area (Å²) < 4.78 is 10.2. The number of amides is 3. The first-order valence-electron chi connectivity index (χ1n) is 8.36. The van der Waals surface area contributed by atoms with Crippen LogP contribution in [0.4, 0.5) is 5.69 Å². The van der Waals surface area contributed by atoms with Gasteiger partial charge in [0.2, 0.25) is 17.7 Å². The fraction of sp³-hybridized carbons (Fsp3) is 0.471. The zero-order chi connectivity index (χ0) is 20.0. The molecule has 0 aliphatic carbocycles. The molecule has 0 unspecified atom stereocenters. The lowest BCUT2D eigenvalue weighted by molar-refractivity contribution is -0.385. The van der Waals surface area contributed by atoms with Crippen molar-refractivity contribution in [3.05, 3.63) is 27.8 Å². The molecule has 0 spiro atoms. The summed E-state index contributed by atoms with van der Waals surface area (Å²) in [5, 5.41) is 13.9. The summed E-state index contributed by atoms with van der Waals surface area (Å²) in [7, 11) is 2.81. The number of nitrogens with zero attached hydrogens (tertiary/aromatic N) is 2. The monoisotopic (exact) mass is 379 g/mol. The van der Waals surface area contributed by atoms with Crippen LogP contribution in [0.1, 0.15) is 24.8 Å². The molecule has 0 bridgehead atoms. The first kappa shape index (κ1) is 20.1. The second-order valence-electron chi connectivity index (χ2n) is 5.88. The number of benzene rings is 1. The topological polar surface area (TPSA) is 128 Å². The summed E-state index contributed by atoms with van der Waals surface area (Å²) in [5.41, 5.74) is 0.262. The molecule has 1 saturated heterocycles. The van der Waals surface area contributed by atoms with Crippen molar-refractivity contribution in [2.75, 3.05) is 27.3 Å². The second kappa shape index (κ2) is 8.97. The molecule has 1 aliphatic heterocycles. The summed E-state index contributed by atoms with van der Waals surface area (Å²) in [6, 6.07) is 2.78. The van der Waals surface area contributed by atoms with Crippen LogP contribution in [0.2, 0.25) is 0 Å². The number of carbonyl (C=O) groups is 3. The fourth-order valence-electron chi connectivity index (χ4n) is 2.79. The molecular weight excluding hydrogens is 358 g/mol. The molecule has 1 heterocycles. The molecule has 0 saturated carbocycles. The van der Waals surface area contributed by atoms with Crippen LogP contribution in [-0.4, -0.2) is 54.9 Å². The molecule has 1 aliphatic rings. The highest BCUT2D eigenvalue weighted by molar-refractivity contribution is 6.02. The smallest absolute Gasteiger partial charge is 0.276 e. The summed E-state index contributed by atoms with van der Waals surface area (Å²) in [4.78, 5) is 46.7. The Balaban J connectivity index is 1.92. The number of likely N-dealkylation sites (tertiary alicyclic amines) is 1. The maximum Gasteiger partial charge on any atom is 0.276 e. The number of methoxy groups -OCH3 is 2. The van der Waals surface area contributed by atoms with Crippen LogP contribution in [0.25, 0.3) is 0 Å². The van der Waals surface area contributed by atoms with Gasteiger partial charge in [0.1, 0.15) is 0 Å². The van der Waals surface area contributed by atoms with Crippen LogP contribution in [0, 0.1) is 10.1 Å². The highest BCUT2D eigenvalue weighted by Crippen LogP contribution is 2.34. The van der Waals surface area contributed by atoms with Crippen LogP contribution in [-0.2, 0) is 20.8 Å². The second-order valence-corrected chi connectivity index (χ2v) is 5.88. The van der Waals surface area contributed by atoms with Gasteiger partial charge < -0.3 is 14.8 Å². The van der Waals surface area contributed by atoms with Gasteiger partial charge in [0.25, 0.3) is 5.69 Å². The molecule has 0 atom stereocenters. The normalized spacial score (nSPS) is 13.6. The van der Waals surface area contributed by atoms with E-state index in [-0.39, 0.29) is 67.9 Å². The number of ether oxygens (including phenoxy) is 2. The van der Waals surface area contributed by atoms with Gasteiger partial charge in [-0.3, -0.25) is 29.4 Å². The van der Waals surface area contributed by atoms with Crippen molar-refractivity contribution in [3.8, 4) is 11.5 Å². The Kier molecular flexibility index (Phi) is 6.69. The summed E-state index contributed by atoms with van der Waals surface area (Å²) in [6.07, 6.45) is 0.572. The Hall–Kier alpha value is -3.17. The van der Waals surface area contributed by atoms with Crippen LogP contribution >= 0.6 is 0 Å². The van der Waals surface area contributed by atoms with Crippen molar-refractivity contribution in [3.63, 3.8) is 0 Å². The Morgan fingerprint density at radius 3 is 2.33 bits per heavy atom. The summed E-state index contributed by atoms with van der Waals surface area (Å²) in [6.45, 7) is 0.205. The Morgan fingerprint density at radius 2 is 1.78 bits per heavy atom. The van der Waals surface area contributed by atoms with E-state index in [2.05, 4.69) is 5.32 Å². The van der Waals surface area contributed by atoms with Gasteiger partial charge in [-0.15, -0.1) is 0 Å². The lowest BCUT2D eigenvalue weighted by Gasteiger charge is -2.13. The third-order valence-corrected chi connectivity index (χ3v) is 4.22. The maximum absolute atomic E-state index is 11.9. The average molecular weight is 379 g/mol. The largest absolute Gasteiger partial charge is 0.493 e. The molecule has 146 valence electrons. The summed E-state index contributed by atoms with van der Waals surface area (Å²) in [5.74, 6) is -0.277. The highest BCUT2D eigenvalue weighted by Gasteiger charge is 2.28. The molecule has 1 fully saturated rings. The summed E-state index contributed by atoms with van der Waals surface area (Å²) >= 11 is 0. The molecule has 1 aromatic rings. The van der Waals surface area contributed by atoms with E-state index >= 15 is 0 Å². The average Bonchev–Trinajstić information content (AvgIpc) is 2.97. The Morgan fingerprint density at radius 1 is 1.19 bits per heavy atom. The SMILES string of the molecule is COc1cc(CCNC(=O)CCN2C(=O)CCC2=O)c([N+](=O)[O-])cc1OC. The van der Waals surface area contributed by atoms with Crippen molar-refractivity contribution >= 4 is 23.4 Å². The van der Waals surface area contributed by atoms with Gasteiger partial charge in [-0.05, 0) is 12.5 Å². The fourth-order valence-corrected chi connectivity index (χ4v) is 2.79. The van der Waals surface area contributed by atoms with E-state index in [4.69, 9.17) is 9.47 Å². The molecule has 27 heavy (non-hydrogen) atoms. The number of nitrogens with one attached hydrogen (secondary N) is 1. The van der Waals surface area contributed by atoms with Crippen LogP contribution < -0.4 is 14.8 Å². The first-order valence-corrected chi connectivity index (χ1v) is 8.36. The van der Waals surface area contributed by atoms with E-state index in [1.807, 2.05) is 0 Å². The minimum atomic E-state index is -0.524. The minimum Gasteiger partial charge on any atom is -0.493 e. The first-order chi connectivity index (χ1) is 12.9. The zero-order valence-electron chi connectivity index (χ0n) is 15.1. The van der Waals surface area contributed by atoms with Gasteiger partial charge >= 0.3 is 0 Å². The van der Waals surface area contributed by atoms with Gasteiger partial charge in [-0.2, -0.15) is 0 Å². The van der Waals surface area contributed by atoms with E-state index in [9.17, 15) is 24.5 Å². The van der Waals surface area contributed by atoms with Crippen molar-refractivity contribution < 1.29 is 28.8 Å². The molecular formula is C17H21N3O7. The van der Waals surface area contributed by atoms with Crippen molar-refractivity contribution in [2.45, 2.75) is 25.7 Å². The van der Waals surface area contributed by atoms with Crippen molar-refractivity contribution in [1.82, 2.24) is 10.2 Å². The zero-order valence-corrected chi connectivity index (χ0v) is 15.1. The molecule has 10 nitrogen and oxygen atoms in total. The number of carbonyl (C=O) groups excluding carboxylic acids is 3. The van der Waals surface area contributed by atoms with Crippen LogP contribution in [0.5, 0.6) is 11.5 Å². The lowest BCUT2D eigenvalue weighted by atomic mass is 10.1. The Bertz CT molecular complexity index is 747. The molecule has 1 aromatic carbocycles.